The van der Waals surface area contributed by atoms with E-state index < -0.39 is 0 Å². The molecule has 0 spiro atoms. The van der Waals surface area contributed by atoms with Crippen LogP contribution in [0.3, 0.4) is 0 Å². The Morgan fingerprint density at radius 3 is 2.50 bits per heavy atom. The summed E-state index contributed by atoms with van der Waals surface area (Å²) in [5, 5.41) is 3.51. The number of unbranched alkanes of at least 4 members (excludes halogenated alkanes) is 5. The van der Waals surface area contributed by atoms with Crippen molar-refractivity contribution in [1.29, 1.82) is 0 Å². The predicted molar refractivity (Wildman–Crippen MR) is 69.8 cm³/mol. The highest BCUT2D eigenvalue weighted by Crippen LogP contribution is 2.18. The Labute approximate surface area is 101 Å². The molecule has 1 fully saturated rings. The zero-order valence-corrected chi connectivity index (χ0v) is 11.1. The molecule has 2 nitrogen and oxygen atoms in total. The molecule has 2 heteroatoms. The predicted octanol–water partition coefficient (Wildman–Crippen LogP) is 3.50. The van der Waals surface area contributed by atoms with Crippen LogP contribution in [0, 0.1) is 0 Å². The molecule has 0 radical (unpaired) electrons. The smallest absolute Gasteiger partial charge is 0.0704 e. The summed E-state index contributed by atoms with van der Waals surface area (Å²) in [6, 6.07) is 0. The van der Waals surface area contributed by atoms with Crippen molar-refractivity contribution in [2.45, 2.75) is 77.4 Å². The lowest BCUT2D eigenvalue weighted by atomic mass is 10.1. The van der Waals surface area contributed by atoms with Crippen molar-refractivity contribution < 1.29 is 4.74 Å². The third-order valence-corrected chi connectivity index (χ3v) is 3.40. The molecular formula is C14H29NO. The fourth-order valence-corrected chi connectivity index (χ4v) is 2.33. The summed E-state index contributed by atoms with van der Waals surface area (Å²) < 4.78 is 5.76. The van der Waals surface area contributed by atoms with E-state index in [1.165, 1.54) is 57.9 Å². The van der Waals surface area contributed by atoms with Gasteiger partial charge in [0.05, 0.1) is 12.2 Å². The van der Waals surface area contributed by atoms with Crippen LogP contribution in [0.25, 0.3) is 0 Å². The van der Waals surface area contributed by atoms with Crippen LogP contribution in [0.4, 0.5) is 0 Å². The maximum atomic E-state index is 5.76. The molecule has 1 aliphatic heterocycles. The Kier molecular flexibility index (Phi) is 7.87. The second-order valence-corrected chi connectivity index (χ2v) is 5.12. The molecule has 0 bridgehead atoms. The second kappa shape index (κ2) is 9.00. The van der Waals surface area contributed by atoms with Crippen LogP contribution in [-0.4, -0.2) is 25.3 Å². The first-order chi connectivity index (χ1) is 7.83. The van der Waals surface area contributed by atoms with Gasteiger partial charge in [0.1, 0.15) is 0 Å². The zero-order valence-electron chi connectivity index (χ0n) is 11.1. The Bertz CT molecular complexity index is 161. The van der Waals surface area contributed by atoms with Gasteiger partial charge in [-0.3, -0.25) is 0 Å². The van der Waals surface area contributed by atoms with Gasteiger partial charge in [-0.25, -0.2) is 0 Å². The Balaban J connectivity index is 1.78. The van der Waals surface area contributed by atoms with Crippen molar-refractivity contribution in [3.8, 4) is 0 Å². The van der Waals surface area contributed by atoms with Gasteiger partial charge in [0.2, 0.25) is 0 Å². The highest BCUT2D eigenvalue weighted by atomic mass is 16.5. The molecule has 2 unspecified atom stereocenters. The standard InChI is InChI=1S/C14H29NO/c1-3-4-5-6-7-8-11-15-12-14-10-9-13(2)16-14/h13-15H,3-12H2,1-2H3. The molecule has 2 atom stereocenters. The molecule has 1 heterocycles. The van der Waals surface area contributed by atoms with Gasteiger partial charge < -0.3 is 10.1 Å². The summed E-state index contributed by atoms with van der Waals surface area (Å²) in [5.74, 6) is 0. The van der Waals surface area contributed by atoms with Crippen LogP contribution in [0.5, 0.6) is 0 Å². The number of ether oxygens (including phenoxy) is 1. The quantitative estimate of drug-likeness (QED) is 0.609. The fraction of sp³-hybridized carbons (Fsp3) is 1.00. The highest BCUT2D eigenvalue weighted by molar-refractivity contribution is 4.72. The molecule has 1 N–H and O–H groups in total. The summed E-state index contributed by atoms with van der Waals surface area (Å²) in [6.45, 7) is 6.66. The summed E-state index contributed by atoms with van der Waals surface area (Å²) in [7, 11) is 0. The minimum absolute atomic E-state index is 0.482. The Morgan fingerprint density at radius 1 is 1.06 bits per heavy atom. The van der Waals surface area contributed by atoms with Crippen LogP contribution in [-0.2, 0) is 4.74 Å². The summed E-state index contributed by atoms with van der Waals surface area (Å²) in [5.41, 5.74) is 0. The maximum absolute atomic E-state index is 5.76. The average Bonchev–Trinajstić information content (AvgIpc) is 2.68. The van der Waals surface area contributed by atoms with Crippen molar-refractivity contribution >= 4 is 0 Å². The van der Waals surface area contributed by atoms with Gasteiger partial charge >= 0.3 is 0 Å². The lowest BCUT2D eigenvalue weighted by Crippen LogP contribution is -2.27. The first-order valence-electron chi connectivity index (χ1n) is 7.19. The third-order valence-electron chi connectivity index (χ3n) is 3.40. The van der Waals surface area contributed by atoms with E-state index in [-0.39, 0.29) is 0 Å². The number of hydrogen-bond donors (Lipinski definition) is 1. The maximum Gasteiger partial charge on any atom is 0.0704 e. The molecular weight excluding hydrogens is 198 g/mol. The van der Waals surface area contributed by atoms with E-state index in [0.717, 1.165) is 6.54 Å². The van der Waals surface area contributed by atoms with Crippen molar-refractivity contribution in [3.05, 3.63) is 0 Å². The molecule has 0 saturated carbocycles. The first kappa shape index (κ1) is 14.0. The fourth-order valence-electron chi connectivity index (χ4n) is 2.33. The summed E-state index contributed by atoms with van der Waals surface area (Å²) in [6.07, 6.45) is 11.7. The van der Waals surface area contributed by atoms with Crippen molar-refractivity contribution in [2.24, 2.45) is 0 Å². The van der Waals surface area contributed by atoms with Gasteiger partial charge in [-0.1, -0.05) is 39.0 Å². The van der Waals surface area contributed by atoms with E-state index in [4.69, 9.17) is 4.74 Å². The molecule has 0 aliphatic carbocycles. The largest absolute Gasteiger partial charge is 0.374 e. The number of rotatable bonds is 9. The number of nitrogens with one attached hydrogen (secondary N) is 1. The molecule has 0 amide bonds. The van der Waals surface area contributed by atoms with Gasteiger partial charge in [-0.05, 0) is 32.7 Å². The molecule has 1 aliphatic rings. The van der Waals surface area contributed by atoms with Crippen LogP contribution in [0.15, 0.2) is 0 Å². The van der Waals surface area contributed by atoms with E-state index in [1.54, 1.807) is 0 Å². The first-order valence-corrected chi connectivity index (χ1v) is 7.19. The van der Waals surface area contributed by atoms with Crippen molar-refractivity contribution in [3.63, 3.8) is 0 Å². The molecule has 0 aromatic rings. The summed E-state index contributed by atoms with van der Waals surface area (Å²) >= 11 is 0. The average molecular weight is 227 g/mol. The number of hydrogen-bond acceptors (Lipinski definition) is 2. The highest BCUT2D eigenvalue weighted by Gasteiger charge is 2.20. The van der Waals surface area contributed by atoms with Gasteiger partial charge in [-0.15, -0.1) is 0 Å². The van der Waals surface area contributed by atoms with Gasteiger partial charge in [0, 0.05) is 6.54 Å². The van der Waals surface area contributed by atoms with E-state index in [1.807, 2.05) is 0 Å². The van der Waals surface area contributed by atoms with Gasteiger partial charge in [-0.2, -0.15) is 0 Å². The molecule has 1 saturated heterocycles. The zero-order chi connectivity index (χ0) is 11.6. The Hall–Kier alpha value is -0.0800. The molecule has 0 aromatic carbocycles. The van der Waals surface area contributed by atoms with E-state index in [9.17, 15) is 0 Å². The van der Waals surface area contributed by atoms with Crippen LogP contribution < -0.4 is 5.32 Å². The van der Waals surface area contributed by atoms with Gasteiger partial charge in [0.15, 0.2) is 0 Å². The lowest BCUT2D eigenvalue weighted by molar-refractivity contribution is 0.0561. The third kappa shape index (κ3) is 6.49. The minimum Gasteiger partial charge on any atom is -0.374 e. The molecule has 0 aromatic heterocycles. The Morgan fingerprint density at radius 2 is 1.81 bits per heavy atom. The van der Waals surface area contributed by atoms with Crippen LogP contribution in [0.2, 0.25) is 0 Å². The van der Waals surface area contributed by atoms with Crippen molar-refractivity contribution in [1.82, 2.24) is 5.32 Å². The minimum atomic E-state index is 0.482. The molecule has 96 valence electrons. The SMILES string of the molecule is CCCCCCCCNCC1CCC(C)O1. The second-order valence-electron chi connectivity index (χ2n) is 5.12. The van der Waals surface area contributed by atoms with E-state index in [0.29, 0.717) is 12.2 Å². The van der Waals surface area contributed by atoms with Crippen LogP contribution in [0.1, 0.15) is 65.2 Å². The monoisotopic (exact) mass is 227 g/mol. The molecule has 16 heavy (non-hydrogen) atoms. The van der Waals surface area contributed by atoms with Crippen LogP contribution >= 0.6 is 0 Å². The van der Waals surface area contributed by atoms with E-state index >= 15 is 0 Å². The normalized spacial score (nSPS) is 25.1. The lowest BCUT2D eigenvalue weighted by Gasteiger charge is -2.11. The topological polar surface area (TPSA) is 21.3 Å². The molecule has 1 rings (SSSR count). The van der Waals surface area contributed by atoms with Gasteiger partial charge in [0.25, 0.3) is 0 Å². The van der Waals surface area contributed by atoms with Crippen molar-refractivity contribution in [2.75, 3.05) is 13.1 Å². The summed E-state index contributed by atoms with van der Waals surface area (Å²) in [4.78, 5) is 0. The van der Waals surface area contributed by atoms with E-state index in [2.05, 4.69) is 19.2 Å².